The van der Waals surface area contributed by atoms with Crippen LogP contribution in [0.25, 0.3) is 10.8 Å². The van der Waals surface area contributed by atoms with Crippen LogP contribution >= 0.6 is 37.2 Å². The third kappa shape index (κ3) is 6.28. The van der Waals surface area contributed by atoms with Crippen LogP contribution in [0.2, 0.25) is 0 Å². The van der Waals surface area contributed by atoms with Gasteiger partial charge in [0.2, 0.25) is 10.0 Å². The molecule has 1 saturated heterocycles. The summed E-state index contributed by atoms with van der Waals surface area (Å²) in [4.78, 5) is 4.43. The van der Waals surface area contributed by atoms with Gasteiger partial charge in [-0.25, -0.2) is 8.42 Å². The van der Waals surface area contributed by atoms with Crippen LogP contribution < -0.4 is 9.21 Å². The molecule has 1 unspecified atom stereocenters. The first-order valence-corrected chi connectivity index (χ1v) is 14.4. The Kier molecular flexibility index (Phi) is 11.1. The molecule has 40 heavy (non-hydrogen) atoms. The van der Waals surface area contributed by atoms with Crippen molar-refractivity contribution in [2.24, 2.45) is 0 Å². The number of sulfonamides is 1. The second kappa shape index (κ2) is 13.3. The SMILES string of the molecule is CCS(=O)(=O)N1c2ccc(N(C)C3CCN(C(C)=N)CC3)cc2CC1c1ccc2ccc(C#N)cc2c1.Cl.Cl.Cl. The zero-order valence-electron chi connectivity index (χ0n) is 22.8. The van der Waals surface area contributed by atoms with Gasteiger partial charge in [0.15, 0.2) is 0 Å². The van der Waals surface area contributed by atoms with Crippen molar-refractivity contribution in [1.29, 1.82) is 10.7 Å². The predicted molar refractivity (Wildman–Crippen MR) is 172 cm³/mol. The fourth-order valence-corrected chi connectivity index (χ4v) is 7.05. The molecule has 2 heterocycles. The van der Waals surface area contributed by atoms with Crippen molar-refractivity contribution in [3.8, 4) is 6.07 Å². The molecule has 1 N–H and O–H groups in total. The maximum Gasteiger partial charge on any atom is 0.235 e. The number of amidine groups is 1. The Labute approximate surface area is 255 Å². The summed E-state index contributed by atoms with van der Waals surface area (Å²) in [5, 5.41) is 19.2. The standard InChI is InChI=1S/C29H33N5O2S.3ClH/c1-4-37(35,36)34-28-10-9-27(32(3)26-11-13-33(14-12-26)20(2)31)17-25(28)18-29(34)23-8-7-22-6-5-21(19-30)15-24(22)16-23;;;/h5-10,15-17,26,29,31H,4,11-14,18H2,1-3H3;3*1H. The van der Waals surface area contributed by atoms with Crippen molar-refractivity contribution in [2.75, 3.05) is 35.1 Å². The number of benzene rings is 3. The number of hydrogen-bond donors (Lipinski definition) is 1. The summed E-state index contributed by atoms with van der Waals surface area (Å²) in [5.74, 6) is 0.654. The first-order valence-electron chi connectivity index (χ1n) is 12.8. The third-order valence-electron chi connectivity index (χ3n) is 7.93. The fourth-order valence-electron chi connectivity index (χ4n) is 5.71. The number of nitrogens with one attached hydrogen (secondary N) is 1. The molecule has 1 fully saturated rings. The Bertz CT molecular complexity index is 1520. The summed E-state index contributed by atoms with van der Waals surface area (Å²) >= 11 is 0. The molecule has 0 aromatic heterocycles. The van der Waals surface area contributed by atoms with Gasteiger partial charge in [-0.1, -0.05) is 18.2 Å². The molecule has 7 nitrogen and oxygen atoms in total. The largest absolute Gasteiger partial charge is 0.371 e. The molecule has 3 aromatic rings. The highest BCUT2D eigenvalue weighted by molar-refractivity contribution is 7.92. The molecule has 0 spiro atoms. The average Bonchev–Trinajstić information content (AvgIpc) is 3.31. The van der Waals surface area contributed by atoms with Crippen LogP contribution in [0.5, 0.6) is 0 Å². The highest BCUT2D eigenvalue weighted by atomic mass is 35.5. The lowest BCUT2D eigenvalue weighted by Crippen LogP contribution is -2.44. The van der Waals surface area contributed by atoms with E-state index < -0.39 is 10.0 Å². The molecule has 0 saturated carbocycles. The lowest BCUT2D eigenvalue weighted by Gasteiger charge is -2.38. The van der Waals surface area contributed by atoms with E-state index in [4.69, 9.17) is 5.41 Å². The van der Waals surface area contributed by atoms with E-state index in [0.29, 0.717) is 23.9 Å². The number of nitrogens with zero attached hydrogens (tertiary/aromatic N) is 4. The van der Waals surface area contributed by atoms with Gasteiger partial charge in [-0.3, -0.25) is 9.71 Å². The second-order valence-corrected chi connectivity index (χ2v) is 12.2. The molecule has 2 aliphatic heterocycles. The topological polar surface area (TPSA) is 91.5 Å². The van der Waals surface area contributed by atoms with Gasteiger partial charge in [0, 0.05) is 38.3 Å². The van der Waals surface area contributed by atoms with Crippen LogP contribution in [0.15, 0.2) is 54.6 Å². The Balaban J connectivity index is 0.00000187. The molecule has 1 atom stereocenters. The molecular formula is C29H36Cl3N5O2S. The van der Waals surface area contributed by atoms with E-state index in [2.05, 4.69) is 29.0 Å². The van der Waals surface area contributed by atoms with Crippen LogP contribution in [-0.2, 0) is 16.4 Å². The Morgan fingerprint density at radius 2 is 1.70 bits per heavy atom. The maximum atomic E-state index is 13.3. The predicted octanol–water partition coefficient (Wildman–Crippen LogP) is 6.33. The summed E-state index contributed by atoms with van der Waals surface area (Å²) in [6, 6.07) is 20.0. The number of piperidine rings is 1. The molecule has 5 rings (SSSR count). The number of nitriles is 1. The van der Waals surface area contributed by atoms with Gasteiger partial charge in [0.25, 0.3) is 0 Å². The third-order valence-corrected chi connectivity index (χ3v) is 9.71. The Hall–Kier alpha value is -2.70. The van der Waals surface area contributed by atoms with Gasteiger partial charge in [0.1, 0.15) is 0 Å². The summed E-state index contributed by atoms with van der Waals surface area (Å²) in [6.45, 7) is 5.30. The fraction of sp³-hybridized carbons (Fsp3) is 0.379. The maximum absolute atomic E-state index is 13.3. The van der Waals surface area contributed by atoms with Crippen molar-refractivity contribution in [2.45, 2.75) is 45.2 Å². The van der Waals surface area contributed by atoms with Crippen LogP contribution in [0.4, 0.5) is 11.4 Å². The lowest BCUT2D eigenvalue weighted by molar-refractivity contribution is 0.305. The van der Waals surface area contributed by atoms with Crippen molar-refractivity contribution in [1.82, 2.24) is 4.90 Å². The van der Waals surface area contributed by atoms with E-state index in [9.17, 15) is 13.7 Å². The van der Waals surface area contributed by atoms with E-state index in [1.54, 1.807) is 17.3 Å². The quantitative estimate of drug-likeness (QED) is 0.265. The molecule has 0 amide bonds. The highest BCUT2D eigenvalue weighted by Crippen LogP contribution is 2.44. The number of rotatable bonds is 5. The number of likely N-dealkylation sites (tertiary alicyclic amines) is 1. The zero-order valence-corrected chi connectivity index (χ0v) is 26.1. The van der Waals surface area contributed by atoms with Crippen LogP contribution in [0.1, 0.15) is 49.4 Å². The van der Waals surface area contributed by atoms with Crippen molar-refractivity contribution in [3.05, 3.63) is 71.3 Å². The van der Waals surface area contributed by atoms with E-state index in [0.717, 1.165) is 59.2 Å². The average molecular weight is 625 g/mol. The van der Waals surface area contributed by atoms with Gasteiger partial charge >= 0.3 is 0 Å². The van der Waals surface area contributed by atoms with E-state index in [1.165, 1.54) is 0 Å². The molecule has 0 bridgehead atoms. The molecule has 3 aromatic carbocycles. The van der Waals surface area contributed by atoms with Crippen LogP contribution in [-0.4, -0.2) is 51.1 Å². The van der Waals surface area contributed by atoms with Gasteiger partial charge in [-0.2, -0.15) is 5.26 Å². The first kappa shape index (κ1) is 33.5. The molecule has 0 radical (unpaired) electrons. The lowest BCUT2D eigenvalue weighted by atomic mass is 9.98. The minimum atomic E-state index is -3.50. The smallest absolute Gasteiger partial charge is 0.235 e. The van der Waals surface area contributed by atoms with E-state index in [-0.39, 0.29) is 49.0 Å². The normalized spacial score (nSPS) is 16.7. The van der Waals surface area contributed by atoms with Gasteiger partial charge < -0.3 is 9.80 Å². The second-order valence-electron chi connectivity index (χ2n) is 10.1. The Morgan fingerprint density at radius 3 is 2.33 bits per heavy atom. The van der Waals surface area contributed by atoms with Gasteiger partial charge in [-0.05, 0) is 85.0 Å². The van der Waals surface area contributed by atoms with Crippen molar-refractivity contribution >= 4 is 75.2 Å². The van der Waals surface area contributed by atoms with E-state index in [1.807, 2.05) is 49.4 Å². The minimum Gasteiger partial charge on any atom is -0.371 e. The monoisotopic (exact) mass is 623 g/mol. The summed E-state index contributed by atoms with van der Waals surface area (Å²) in [5.41, 5.74) is 4.40. The summed E-state index contributed by atoms with van der Waals surface area (Å²) in [7, 11) is -1.39. The molecule has 2 aliphatic rings. The van der Waals surface area contributed by atoms with Crippen LogP contribution in [0.3, 0.4) is 0 Å². The summed E-state index contributed by atoms with van der Waals surface area (Å²) < 4.78 is 28.2. The highest BCUT2D eigenvalue weighted by Gasteiger charge is 2.38. The van der Waals surface area contributed by atoms with Gasteiger partial charge in [-0.15, -0.1) is 37.2 Å². The number of anilines is 2. The summed E-state index contributed by atoms with van der Waals surface area (Å²) in [6.07, 6.45) is 2.58. The first-order chi connectivity index (χ1) is 17.7. The van der Waals surface area contributed by atoms with Gasteiger partial charge in [0.05, 0.1) is 35.0 Å². The van der Waals surface area contributed by atoms with Crippen molar-refractivity contribution in [3.63, 3.8) is 0 Å². The van der Waals surface area contributed by atoms with E-state index >= 15 is 0 Å². The molecular weight excluding hydrogens is 589 g/mol. The van der Waals surface area contributed by atoms with Crippen molar-refractivity contribution < 1.29 is 8.42 Å². The molecule has 216 valence electrons. The number of halogens is 3. The molecule has 11 heteroatoms. The number of hydrogen-bond acceptors (Lipinski definition) is 5. The molecule has 0 aliphatic carbocycles. The Morgan fingerprint density at radius 1 is 1.02 bits per heavy atom. The van der Waals surface area contributed by atoms with Crippen LogP contribution in [0, 0.1) is 16.7 Å². The zero-order chi connectivity index (χ0) is 26.3. The number of fused-ring (bicyclic) bond motifs is 2. The minimum absolute atomic E-state index is 0.